The number of rotatable bonds is 3. The molecule has 0 heterocycles. The summed E-state index contributed by atoms with van der Waals surface area (Å²) in [6.45, 7) is 4.20. The van der Waals surface area contributed by atoms with E-state index in [9.17, 15) is 0 Å². The minimum atomic E-state index is -0.172. The normalized spacial score (nSPS) is 23.1. The van der Waals surface area contributed by atoms with Crippen LogP contribution in [0.1, 0.15) is 52.4 Å². The Morgan fingerprint density at radius 1 is 1.14 bits per heavy atom. The Labute approximate surface area is 88.2 Å². The fourth-order valence-corrected chi connectivity index (χ4v) is 2.37. The first kappa shape index (κ1) is 12.0. The van der Waals surface area contributed by atoms with Crippen LogP contribution >= 0.6 is 0 Å². The maximum atomic E-state index is 6.28. The van der Waals surface area contributed by atoms with E-state index in [-0.39, 0.29) is 11.6 Å². The lowest BCUT2D eigenvalue weighted by Gasteiger charge is -2.35. The van der Waals surface area contributed by atoms with Crippen LogP contribution in [-0.2, 0) is 4.74 Å². The molecule has 0 spiro atoms. The van der Waals surface area contributed by atoms with Gasteiger partial charge in [0, 0.05) is 13.2 Å². The van der Waals surface area contributed by atoms with E-state index < -0.39 is 0 Å². The quantitative estimate of drug-likeness (QED) is 0.709. The number of hydrogen-bond donors (Lipinski definition) is 1. The van der Waals surface area contributed by atoms with Gasteiger partial charge < -0.3 is 10.5 Å². The van der Waals surface area contributed by atoms with Crippen LogP contribution in [-0.4, -0.2) is 18.8 Å². The highest BCUT2D eigenvalue weighted by molar-refractivity contribution is 4.88. The van der Waals surface area contributed by atoms with Crippen LogP contribution in [0.15, 0.2) is 0 Å². The summed E-state index contributed by atoms with van der Waals surface area (Å²) in [7, 11) is 1.76. The van der Waals surface area contributed by atoms with E-state index >= 15 is 0 Å². The molecule has 2 N–H and O–H groups in total. The van der Waals surface area contributed by atoms with E-state index in [1.807, 2.05) is 0 Å². The van der Waals surface area contributed by atoms with Crippen molar-refractivity contribution >= 4 is 0 Å². The molecule has 1 rings (SSSR count). The second-order valence-corrected chi connectivity index (χ2v) is 5.09. The molecule has 0 saturated heterocycles. The molecule has 14 heavy (non-hydrogen) atoms. The van der Waals surface area contributed by atoms with Crippen molar-refractivity contribution in [1.29, 1.82) is 0 Å². The van der Waals surface area contributed by atoms with Crippen LogP contribution in [0, 0.1) is 5.92 Å². The van der Waals surface area contributed by atoms with Gasteiger partial charge in [0.15, 0.2) is 0 Å². The van der Waals surface area contributed by atoms with E-state index in [1.165, 1.54) is 38.5 Å². The molecule has 0 aromatic carbocycles. The summed E-state index contributed by atoms with van der Waals surface area (Å²) in [5.74, 6) is 0.660. The van der Waals surface area contributed by atoms with Gasteiger partial charge in [0.1, 0.15) is 0 Å². The summed E-state index contributed by atoms with van der Waals surface area (Å²) < 4.78 is 5.47. The molecule has 0 radical (unpaired) electrons. The third-order valence-electron chi connectivity index (χ3n) is 3.74. The first-order chi connectivity index (χ1) is 6.58. The van der Waals surface area contributed by atoms with Crippen molar-refractivity contribution in [3.05, 3.63) is 0 Å². The summed E-state index contributed by atoms with van der Waals surface area (Å²) >= 11 is 0. The Morgan fingerprint density at radius 3 is 2.07 bits per heavy atom. The van der Waals surface area contributed by atoms with Crippen LogP contribution in [0.3, 0.4) is 0 Å². The highest BCUT2D eigenvalue weighted by Crippen LogP contribution is 2.30. The molecule has 2 heteroatoms. The second-order valence-electron chi connectivity index (χ2n) is 5.09. The van der Waals surface area contributed by atoms with Crippen molar-refractivity contribution in [1.82, 2.24) is 0 Å². The highest BCUT2D eigenvalue weighted by Gasteiger charge is 2.32. The second kappa shape index (κ2) is 5.13. The van der Waals surface area contributed by atoms with Gasteiger partial charge in [-0.15, -0.1) is 0 Å². The molecule has 2 nitrogen and oxygen atoms in total. The number of ether oxygens (including phenoxy) is 1. The van der Waals surface area contributed by atoms with E-state index in [2.05, 4.69) is 13.8 Å². The molecule has 1 saturated carbocycles. The summed E-state index contributed by atoms with van der Waals surface area (Å²) in [4.78, 5) is 0. The third kappa shape index (κ3) is 2.96. The van der Waals surface area contributed by atoms with Gasteiger partial charge in [0.2, 0.25) is 0 Å². The zero-order valence-corrected chi connectivity index (χ0v) is 9.88. The Kier molecular flexibility index (Phi) is 4.39. The van der Waals surface area contributed by atoms with Gasteiger partial charge >= 0.3 is 0 Å². The van der Waals surface area contributed by atoms with Crippen molar-refractivity contribution in [2.75, 3.05) is 7.11 Å². The van der Waals surface area contributed by atoms with Gasteiger partial charge in [-0.3, -0.25) is 0 Å². The maximum absolute atomic E-state index is 6.28. The Balaban J connectivity index is 2.53. The molecule has 0 aromatic heterocycles. The highest BCUT2D eigenvalue weighted by atomic mass is 16.5. The molecule has 1 atom stereocenters. The van der Waals surface area contributed by atoms with Gasteiger partial charge in [0.25, 0.3) is 0 Å². The van der Waals surface area contributed by atoms with Crippen molar-refractivity contribution in [2.45, 2.75) is 64.0 Å². The van der Waals surface area contributed by atoms with Crippen molar-refractivity contribution < 1.29 is 4.74 Å². The monoisotopic (exact) mass is 199 g/mol. The smallest absolute Gasteiger partial charge is 0.0775 e. The SMILES string of the molecule is COC(C)(C)C(N)C1CCCCCC1. The third-order valence-corrected chi connectivity index (χ3v) is 3.74. The van der Waals surface area contributed by atoms with E-state index in [0.29, 0.717) is 5.92 Å². The minimum absolute atomic E-state index is 0.172. The van der Waals surface area contributed by atoms with Crippen LogP contribution in [0.4, 0.5) is 0 Å². The predicted octanol–water partition coefficient (Wildman–Crippen LogP) is 2.71. The number of hydrogen-bond acceptors (Lipinski definition) is 2. The predicted molar refractivity (Wildman–Crippen MR) is 60.3 cm³/mol. The van der Waals surface area contributed by atoms with Crippen LogP contribution < -0.4 is 5.73 Å². The Bertz CT molecular complexity index is 160. The average molecular weight is 199 g/mol. The molecule has 1 unspecified atom stereocenters. The average Bonchev–Trinajstić information content (AvgIpc) is 2.44. The van der Waals surface area contributed by atoms with Gasteiger partial charge in [-0.25, -0.2) is 0 Å². The molecule has 0 aromatic rings. The summed E-state index contributed by atoms with van der Waals surface area (Å²) in [6.07, 6.45) is 8.03. The lowest BCUT2D eigenvalue weighted by atomic mass is 9.83. The first-order valence-electron chi connectivity index (χ1n) is 5.88. The zero-order chi connectivity index (χ0) is 10.6. The van der Waals surface area contributed by atoms with Crippen molar-refractivity contribution in [3.8, 4) is 0 Å². The topological polar surface area (TPSA) is 35.2 Å². The molecular weight excluding hydrogens is 174 g/mol. The van der Waals surface area contributed by atoms with Crippen LogP contribution in [0.5, 0.6) is 0 Å². The molecule has 1 aliphatic carbocycles. The van der Waals surface area contributed by atoms with Gasteiger partial charge in [0.05, 0.1) is 5.60 Å². The zero-order valence-electron chi connectivity index (χ0n) is 9.88. The lowest BCUT2D eigenvalue weighted by molar-refractivity contribution is -0.0174. The largest absolute Gasteiger partial charge is 0.377 e. The Hall–Kier alpha value is -0.0800. The standard InChI is InChI=1S/C12H25NO/c1-12(2,14-3)11(13)10-8-6-4-5-7-9-10/h10-11H,4-9,13H2,1-3H3. The van der Waals surface area contributed by atoms with Crippen LogP contribution in [0.25, 0.3) is 0 Å². The van der Waals surface area contributed by atoms with E-state index in [4.69, 9.17) is 10.5 Å². The first-order valence-corrected chi connectivity index (χ1v) is 5.88. The molecule has 1 fully saturated rings. The fraction of sp³-hybridized carbons (Fsp3) is 1.00. The molecule has 0 bridgehead atoms. The molecule has 1 aliphatic rings. The van der Waals surface area contributed by atoms with Gasteiger partial charge in [-0.05, 0) is 32.6 Å². The number of methoxy groups -OCH3 is 1. The lowest BCUT2D eigenvalue weighted by Crippen LogP contribution is -2.49. The molecule has 84 valence electrons. The summed E-state index contributed by atoms with van der Waals surface area (Å²) in [6, 6.07) is 0.186. The molecule has 0 amide bonds. The Morgan fingerprint density at radius 2 is 1.64 bits per heavy atom. The van der Waals surface area contributed by atoms with E-state index in [1.54, 1.807) is 7.11 Å². The summed E-state index contributed by atoms with van der Waals surface area (Å²) in [5.41, 5.74) is 6.11. The fourth-order valence-electron chi connectivity index (χ4n) is 2.37. The molecular formula is C12H25NO. The summed E-state index contributed by atoms with van der Waals surface area (Å²) in [5, 5.41) is 0. The van der Waals surface area contributed by atoms with Gasteiger partial charge in [-0.1, -0.05) is 25.7 Å². The minimum Gasteiger partial charge on any atom is -0.377 e. The van der Waals surface area contributed by atoms with Crippen molar-refractivity contribution in [3.63, 3.8) is 0 Å². The maximum Gasteiger partial charge on any atom is 0.0775 e. The van der Waals surface area contributed by atoms with Crippen molar-refractivity contribution in [2.24, 2.45) is 11.7 Å². The van der Waals surface area contributed by atoms with Gasteiger partial charge in [-0.2, -0.15) is 0 Å². The van der Waals surface area contributed by atoms with E-state index in [0.717, 1.165) is 0 Å². The van der Waals surface area contributed by atoms with Crippen LogP contribution in [0.2, 0.25) is 0 Å². The number of nitrogens with two attached hydrogens (primary N) is 1. The molecule has 0 aliphatic heterocycles.